The van der Waals surface area contributed by atoms with E-state index in [9.17, 15) is 14.0 Å². The minimum Gasteiger partial charge on any atom is -0.343 e. The second-order valence-electron chi connectivity index (χ2n) is 5.66. The summed E-state index contributed by atoms with van der Waals surface area (Å²) in [6, 6.07) is 4.19. The highest BCUT2D eigenvalue weighted by atomic mass is 79.9. The Morgan fingerprint density at radius 2 is 2.14 bits per heavy atom. The van der Waals surface area contributed by atoms with E-state index in [-0.39, 0.29) is 30.7 Å². The summed E-state index contributed by atoms with van der Waals surface area (Å²) < 4.78 is 13.9. The van der Waals surface area contributed by atoms with E-state index < -0.39 is 6.04 Å². The number of hydrogen-bond acceptors (Lipinski definition) is 2. The van der Waals surface area contributed by atoms with Crippen LogP contribution in [0.5, 0.6) is 0 Å². The van der Waals surface area contributed by atoms with Crippen LogP contribution in [0.2, 0.25) is 0 Å². The SMILES string of the molecule is CC(C)CC1NC(=O)CN(Cc2cccc(F)c2Br)C1=O. The van der Waals surface area contributed by atoms with Gasteiger partial charge in [0.1, 0.15) is 11.9 Å². The van der Waals surface area contributed by atoms with Crippen molar-refractivity contribution in [3.8, 4) is 0 Å². The largest absolute Gasteiger partial charge is 0.343 e. The third kappa shape index (κ3) is 3.81. The summed E-state index contributed by atoms with van der Waals surface area (Å²) in [6.07, 6.45) is 0.603. The van der Waals surface area contributed by atoms with Gasteiger partial charge in [-0.05, 0) is 39.9 Å². The van der Waals surface area contributed by atoms with Crippen LogP contribution < -0.4 is 5.32 Å². The molecule has 1 saturated heterocycles. The summed E-state index contributed by atoms with van der Waals surface area (Å²) in [5.41, 5.74) is 0.654. The van der Waals surface area contributed by atoms with Gasteiger partial charge in [0, 0.05) is 6.54 Å². The summed E-state index contributed by atoms with van der Waals surface area (Å²) in [5.74, 6) is -0.354. The second kappa shape index (κ2) is 6.56. The molecule has 1 heterocycles. The third-order valence-corrected chi connectivity index (χ3v) is 4.27. The van der Waals surface area contributed by atoms with Gasteiger partial charge in [0.2, 0.25) is 11.8 Å². The zero-order chi connectivity index (χ0) is 15.6. The van der Waals surface area contributed by atoms with Crippen molar-refractivity contribution < 1.29 is 14.0 Å². The number of rotatable bonds is 4. The highest BCUT2D eigenvalue weighted by Crippen LogP contribution is 2.23. The quantitative estimate of drug-likeness (QED) is 0.900. The minimum absolute atomic E-state index is 0.0103. The fourth-order valence-electron chi connectivity index (χ4n) is 2.41. The summed E-state index contributed by atoms with van der Waals surface area (Å²) in [5, 5.41) is 2.72. The molecule has 1 atom stereocenters. The van der Waals surface area contributed by atoms with Crippen molar-refractivity contribution in [2.45, 2.75) is 32.9 Å². The molecule has 0 aromatic heterocycles. The molecule has 1 unspecified atom stereocenters. The number of nitrogens with zero attached hydrogens (tertiary/aromatic N) is 1. The number of piperazine rings is 1. The van der Waals surface area contributed by atoms with E-state index >= 15 is 0 Å². The molecule has 1 aromatic carbocycles. The number of benzene rings is 1. The zero-order valence-corrected chi connectivity index (χ0v) is 13.6. The first-order valence-electron chi connectivity index (χ1n) is 6.89. The summed E-state index contributed by atoms with van der Waals surface area (Å²) in [7, 11) is 0. The van der Waals surface area contributed by atoms with Crippen molar-refractivity contribution in [1.82, 2.24) is 10.2 Å². The fourth-order valence-corrected chi connectivity index (χ4v) is 2.80. The first-order valence-corrected chi connectivity index (χ1v) is 7.68. The maximum Gasteiger partial charge on any atom is 0.245 e. The van der Waals surface area contributed by atoms with Crippen molar-refractivity contribution in [2.24, 2.45) is 5.92 Å². The molecule has 1 fully saturated rings. The van der Waals surface area contributed by atoms with E-state index in [1.54, 1.807) is 12.1 Å². The monoisotopic (exact) mass is 356 g/mol. The van der Waals surface area contributed by atoms with Crippen LogP contribution >= 0.6 is 15.9 Å². The van der Waals surface area contributed by atoms with Gasteiger partial charge in [0.25, 0.3) is 0 Å². The maximum absolute atomic E-state index is 13.5. The first-order chi connectivity index (χ1) is 9.88. The van der Waals surface area contributed by atoms with E-state index in [1.807, 2.05) is 13.8 Å². The first kappa shape index (κ1) is 15.9. The van der Waals surface area contributed by atoms with E-state index in [0.29, 0.717) is 22.4 Å². The fraction of sp³-hybridized carbons (Fsp3) is 0.467. The molecule has 1 aromatic rings. The van der Waals surface area contributed by atoms with E-state index in [0.717, 1.165) is 0 Å². The standard InChI is InChI=1S/C15H18BrFN2O2/c1-9(2)6-12-15(21)19(8-13(20)18-12)7-10-4-3-5-11(17)14(10)16/h3-5,9,12H,6-8H2,1-2H3,(H,18,20). The van der Waals surface area contributed by atoms with Crippen LogP contribution in [-0.2, 0) is 16.1 Å². The van der Waals surface area contributed by atoms with Crippen LogP contribution in [-0.4, -0.2) is 29.3 Å². The van der Waals surface area contributed by atoms with Crippen LogP contribution in [0.25, 0.3) is 0 Å². The topological polar surface area (TPSA) is 49.4 Å². The van der Waals surface area contributed by atoms with Crippen molar-refractivity contribution in [2.75, 3.05) is 6.54 Å². The van der Waals surface area contributed by atoms with Gasteiger partial charge in [-0.15, -0.1) is 0 Å². The highest BCUT2D eigenvalue weighted by Gasteiger charge is 2.33. The van der Waals surface area contributed by atoms with Gasteiger partial charge in [-0.25, -0.2) is 4.39 Å². The Morgan fingerprint density at radius 1 is 1.43 bits per heavy atom. The molecule has 0 saturated carbocycles. The highest BCUT2D eigenvalue weighted by molar-refractivity contribution is 9.10. The van der Waals surface area contributed by atoms with Crippen LogP contribution in [0.3, 0.4) is 0 Å². The predicted molar refractivity (Wildman–Crippen MR) is 80.9 cm³/mol. The summed E-state index contributed by atoms with van der Waals surface area (Å²) in [6.45, 7) is 4.23. The van der Waals surface area contributed by atoms with Gasteiger partial charge in [-0.1, -0.05) is 26.0 Å². The second-order valence-corrected chi connectivity index (χ2v) is 6.45. The molecule has 2 amide bonds. The molecule has 0 aliphatic carbocycles. The lowest BCUT2D eigenvalue weighted by atomic mass is 10.0. The van der Waals surface area contributed by atoms with Crippen molar-refractivity contribution in [1.29, 1.82) is 0 Å². The number of nitrogens with one attached hydrogen (secondary N) is 1. The van der Waals surface area contributed by atoms with Crippen molar-refractivity contribution in [3.05, 3.63) is 34.1 Å². The average Bonchev–Trinajstić information content (AvgIpc) is 2.39. The Bertz CT molecular complexity index is 563. The van der Waals surface area contributed by atoms with Gasteiger partial charge >= 0.3 is 0 Å². The van der Waals surface area contributed by atoms with Gasteiger partial charge in [-0.2, -0.15) is 0 Å². The zero-order valence-electron chi connectivity index (χ0n) is 12.0. The minimum atomic E-state index is -0.487. The Hall–Kier alpha value is -1.43. The molecule has 4 nitrogen and oxygen atoms in total. The van der Waals surface area contributed by atoms with Gasteiger partial charge < -0.3 is 10.2 Å². The van der Waals surface area contributed by atoms with E-state index in [4.69, 9.17) is 0 Å². The Balaban J connectivity index is 2.16. The molecule has 0 spiro atoms. The molecule has 0 bridgehead atoms. The molecule has 1 aliphatic heterocycles. The molecule has 2 rings (SSSR count). The number of carbonyl (C=O) groups excluding carboxylic acids is 2. The number of amides is 2. The van der Waals surface area contributed by atoms with Crippen LogP contribution in [0.1, 0.15) is 25.8 Å². The molecule has 0 radical (unpaired) electrons. The molecule has 1 N–H and O–H groups in total. The third-order valence-electron chi connectivity index (χ3n) is 3.38. The Morgan fingerprint density at radius 3 is 2.81 bits per heavy atom. The molecule has 6 heteroatoms. The predicted octanol–water partition coefficient (Wildman–Crippen LogP) is 2.46. The lowest BCUT2D eigenvalue weighted by molar-refractivity contribution is -0.145. The van der Waals surface area contributed by atoms with Crippen LogP contribution in [0.15, 0.2) is 22.7 Å². The molecule has 21 heavy (non-hydrogen) atoms. The summed E-state index contributed by atoms with van der Waals surface area (Å²) in [4.78, 5) is 25.6. The number of halogens is 2. The lowest BCUT2D eigenvalue weighted by Crippen LogP contribution is -2.57. The van der Waals surface area contributed by atoms with Gasteiger partial charge in [-0.3, -0.25) is 9.59 Å². The Labute approximate surface area is 131 Å². The van der Waals surface area contributed by atoms with Crippen molar-refractivity contribution >= 4 is 27.7 Å². The maximum atomic E-state index is 13.5. The van der Waals surface area contributed by atoms with Gasteiger partial charge in [0.05, 0.1) is 11.0 Å². The smallest absolute Gasteiger partial charge is 0.245 e. The average molecular weight is 357 g/mol. The normalized spacial score (nSPS) is 19.1. The van der Waals surface area contributed by atoms with Gasteiger partial charge in [0.15, 0.2) is 0 Å². The molecular weight excluding hydrogens is 339 g/mol. The van der Waals surface area contributed by atoms with Crippen LogP contribution in [0, 0.1) is 11.7 Å². The summed E-state index contributed by atoms with van der Waals surface area (Å²) >= 11 is 3.18. The van der Waals surface area contributed by atoms with Crippen molar-refractivity contribution in [3.63, 3.8) is 0 Å². The number of hydrogen-bond donors (Lipinski definition) is 1. The Kier molecular flexibility index (Phi) is 4.98. The molecular formula is C15H18BrFN2O2. The van der Waals surface area contributed by atoms with E-state index in [1.165, 1.54) is 11.0 Å². The molecule has 1 aliphatic rings. The molecule has 114 valence electrons. The van der Waals surface area contributed by atoms with E-state index in [2.05, 4.69) is 21.2 Å². The van der Waals surface area contributed by atoms with Crippen LogP contribution in [0.4, 0.5) is 4.39 Å². The number of carbonyl (C=O) groups is 2. The lowest BCUT2D eigenvalue weighted by Gasteiger charge is -2.33.